The molecular formula is C15H20N4S. The molecule has 2 aromatic rings. The number of aryl methyl sites for hydroxylation is 1. The Balaban J connectivity index is 1.92. The van der Waals surface area contributed by atoms with Crippen molar-refractivity contribution in [2.75, 3.05) is 6.54 Å². The molecule has 0 bridgehead atoms. The van der Waals surface area contributed by atoms with Crippen LogP contribution < -0.4 is 5.32 Å². The second-order valence-corrected chi connectivity index (χ2v) is 5.92. The van der Waals surface area contributed by atoms with Crippen LogP contribution in [0.3, 0.4) is 0 Å². The molecule has 0 spiro atoms. The first-order valence-electron chi connectivity index (χ1n) is 7.34. The average Bonchev–Trinajstić information content (AvgIpc) is 3.02. The third-order valence-electron chi connectivity index (χ3n) is 3.95. The van der Waals surface area contributed by atoms with Gasteiger partial charge < -0.3 is 5.32 Å². The van der Waals surface area contributed by atoms with E-state index in [4.69, 9.17) is 0 Å². The maximum atomic E-state index is 4.65. The van der Waals surface area contributed by atoms with Gasteiger partial charge in [0.2, 0.25) is 0 Å². The third kappa shape index (κ3) is 2.74. The third-order valence-corrected chi connectivity index (χ3v) is 4.47. The Morgan fingerprint density at radius 2 is 2.45 bits per heavy atom. The largest absolute Gasteiger partial charge is 0.308 e. The van der Waals surface area contributed by atoms with Crippen LogP contribution in [0.5, 0.6) is 0 Å². The lowest BCUT2D eigenvalue weighted by molar-refractivity contribution is 0.387. The Labute approximate surface area is 123 Å². The Morgan fingerprint density at radius 3 is 3.25 bits per heavy atom. The summed E-state index contributed by atoms with van der Waals surface area (Å²) in [6, 6.07) is 4.49. The lowest BCUT2D eigenvalue weighted by Crippen LogP contribution is -2.30. The highest BCUT2D eigenvalue weighted by Gasteiger charge is 2.31. The molecule has 0 amide bonds. The molecule has 3 rings (SSSR count). The van der Waals surface area contributed by atoms with Gasteiger partial charge in [0, 0.05) is 23.2 Å². The molecule has 20 heavy (non-hydrogen) atoms. The van der Waals surface area contributed by atoms with Gasteiger partial charge in [0.1, 0.15) is 0 Å². The number of pyridine rings is 1. The SMILES string of the molecule is CCCNC(c1csnn1)C1CCCc2cccnc21. The van der Waals surface area contributed by atoms with E-state index in [1.807, 2.05) is 12.3 Å². The average molecular weight is 288 g/mol. The molecule has 4 nitrogen and oxygen atoms in total. The lowest BCUT2D eigenvalue weighted by atomic mass is 9.81. The van der Waals surface area contributed by atoms with Gasteiger partial charge in [-0.15, -0.1) is 5.10 Å². The van der Waals surface area contributed by atoms with Gasteiger partial charge in [0.25, 0.3) is 0 Å². The van der Waals surface area contributed by atoms with Crippen molar-refractivity contribution in [2.24, 2.45) is 0 Å². The monoisotopic (exact) mass is 288 g/mol. The van der Waals surface area contributed by atoms with Crippen LogP contribution in [0, 0.1) is 0 Å². The second-order valence-electron chi connectivity index (χ2n) is 5.31. The van der Waals surface area contributed by atoms with Gasteiger partial charge in [0.15, 0.2) is 0 Å². The highest BCUT2D eigenvalue weighted by atomic mass is 32.1. The van der Waals surface area contributed by atoms with E-state index < -0.39 is 0 Å². The van der Waals surface area contributed by atoms with Gasteiger partial charge in [0.05, 0.1) is 11.7 Å². The summed E-state index contributed by atoms with van der Waals surface area (Å²) in [5, 5.41) is 10.0. The normalized spacial score (nSPS) is 19.6. The zero-order valence-corrected chi connectivity index (χ0v) is 12.6. The van der Waals surface area contributed by atoms with Crippen molar-refractivity contribution in [1.82, 2.24) is 19.9 Å². The quantitative estimate of drug-likeness (QED) is 0.918. The molecule has 2 heterocycles. The van der Waals surface area contributed by atoms with Crippen LogP contribution in [0.2, 0.25) is 0 Å². The number of rotatable bonds is 5. The fourth-order valence-electron chi connectivity index (χ4n) is 3.03. The van der Waals surface area contributed by atoms with Gasteiger partial charge in [-0.1, -0.05) is 17.5 Å². The summed E-state index contributed by atoms with van der Waals surface area (Å²) < 4.78 is 4.03. The van der Waals surface area contributed by atoms with Crippen LogP contribution in [0.15, 0.2) is 23.7 Å². The number of aromatic nitrogens is 3. The highest BCUT2D eigenvalue weighted by molar-refractivity contribution is 7.03. The van der Waals surface area contributed by atoms with Gasteiger partial charge in [-0.3, -0.25) is 4.98 Å². The van der Waals surface area contributed by atoms with Crippen LogP contribution in [0.25, 0.3) is 0 Å². The number of nitrogens with one attached hydrogen (secondary N) is 1. The summed E-state index contributed by atoms with van der Waals surface area (Å²) in [6.45, 7) is 3.19. The Morgan fingerprint density at radius 1 is 1.50 bits per heavy atom. The summed E-state index contributed by atoms with van der Waals surface area (Å²) in [5.41, 5.74) is 3.71. The molecule has 106 valence electrons. The Kier molecular flexibility index (Phi) is 4.38. The maximum Gasteiger partial charge on any atom is 0.0931 e. The van der Waals surface area contributed by atoms with Crippen LogP contribution in [0.1, 0.15) is 55.1 Å². The minimum Gasteiger partial charge on any atom is -0.308 e. The smallest absolute Gasteiger partial charge is 0.0931 e. The molecule has 0 saturated heterocycles. The van der Waals surface area contributed by atoms with Crippen LogP contribution >= 0.6 is 11.5 Å². The molecule has 0 saturated carbocycles. The van der Waals surface area contributed by atoms with E-state index in [9.17, 15) is 0 Å². The summed E-state index contributed by atoms with van der Waals surface area (Å²) in [4.78, 5) is 4.65. The fourth-order valence-corrected chi connectivity index (χ4v) is 3.52. The van der Waals surface area contributed by atoms with E-state index in [-0.39, 0.29) is 6.04 Å². The topological polar surface area (TPSA) is 50.7 Å². The summed E-state index contributed by atoms with van der Waals surface area (Å²) in [5.74, 6) is 0.412. The van der Waals surface area contributed by atoms with Crippen molar-refractivity contribution in [3.8, 4) is 0 Å². The molecule has 1 aliphatic carbocycles. The van der Waals surface area contributed by atoms with Crippen molar-refractivity contribution < 1.29 is 0 Å². The molecule has 2 unspecified atom stereocenters. The standard InChI is InChI=1S/C15H20N4S/c1-2-8-16-15(13-10-20-19-18-13)12-7-3-5-11-6-4-9-17-14(11)12/h4,6,9-10,12,15-16H,2-3,5,7-8H2,1H3. The van der Waals surface area contributed by atoms with Crippen LogP contribution in [0.4, 0.5) is 0 Å². The molecule has 1 N–H and O–H groups in total. The predicted molar refractivity (Wildman–Crippen MR) is 80.9 cm³/mol. The van der Waals surface area contributed by atoms with E-state index in [1.165, 1.54) is 35.6 Å². The fraction of sp³-hybridized carbons (Fsp3) is 0.533. The first-order chi connectivity index (χ1) is 9.90. The first kappa shape index (κ1) is 13.6. The van der Waals surface area contributed by atoms with Crippen molar-refractivity contribution in [2.45, 2.75) is 44.6 Å². The minimum atomic E-state index is 0.239. The first-order valence-corrected chi connectivity index (χ1v) is 8.18. The Bertz CT molecular complexity index is 541. The molecule has 0 fully saturated rings. The lowest BCUT2D eigenvalue weighted by Gasteiger charge is -2.31. The molecule has 0 aliphatic heterocycles. The van der Waals surface area contributed by atoms with E-state index in [1.54, 1.807) is 0 Å². The Hall–Kier alpha value is -1.33. The summed E-state index contributed by atoms with van der Waals surface area (Å²) in [7, 11) is 0. The molecular weight excluding hydrogens is 268 g/mol. The summed E-state index contributed by atoms with van der Waals surface area (Å²) in [6.07, 6.45) is 6.58. The molecule has 5 heteroatoms. The predicted octanol–water partition coefficient (Wildman–Crippen LogP) is 3.09. The number of hydrogen-bond acceptors (Lipinski definition) is 5. The molecule has 2 atom stereocenters. The molecule has 0 aromatic carbocycles. The molecule has 2 aromatic heterocycles. The van der Waals surface area contributed by atoms with Crippen molar-refractivity contribution in [3.05, 3.63) is 40.7 Å². The van der Waals surface area contributed by atoms with E-state index in [0.29, 0.717) is 5.92 Å². The van der Waals surface area contributed by atoms with E-state index in [2.05, 4.69) is 38.3 Å². The van der Waals surface area contributed by atoms with Crippen molar-refractivity contribution in [1.29, 1.82) is 0 Å². The molecule has 1 aliphatic rings. The maximum absolute atomic E-state index is 4.65. The highest BCUT2D eigenvalue weighted by Crippen LogP contribution is 2.38. The van der Waals surface area contributed by atoms with E-state index in [0.717, 1.165) is 25.1 Å². The molecule has 0 radical (unpaired) electrons. The van der Waals surface area contributed by atoms with Gasteiger partial charge in [-0.25, -0.2) is 0 Å². The number of fused-ring (bicyclic) bond motifs is 1. The summed E-state index contributed by atoms with van der Waals surface area (Å²) >= 11 is 1.43. The number of nitrogens with zero attached hydrogens (tertiary/aromatic N) is 3. The number of hydrogen-bond donors (Lipinski definition) is 1. The van der Waals surface area contributed by atoms with E-state index >= 15 is 0 Å². The minimum absolute atomic E-state index is 0.239. The van der Waals surface area contributed by atoms with Gasteiger partial charge in [-0.2, -0.15) is 0 Å². The van der Waals surface area contributed by atoms with Crippen molar-refractivity contribution in [3.63, 3.8) is 0 Å². The van der Waals surface area contributed by atoms with Crippen molar-refractivity contribution >= 4 is 11.5 Å². The second kappa shape index (κ2) is 6.41. The van der Waals surface area contributed by atoms with Crippen LogP contribution in [-0.4, -0.2) is 21.1 Å². The van der Waals surface area contributed by atoms with Gasteiger partial charge >= 0.3 is 0 Å². The van der Waals surface area contributed by atoms with Crippen LogP contribution in [-0.2, 0) is 6.42 Å². The zero-order chi connectivity index (χ0) is 13.8. The zero-order valence-electron chi connectivity index (χ0n) is 11.7. The van der Waals surface area contributed by atoms with Gasteiger partial charge in [-0.05, 0) is 55.4 Å².